The number of hydrogen-bond acceptors (Lipinski definition) is 5. The molecule has 158 valence electrons. The van der Waals surface area contributed by atoms with E-state index in [0.717, 1.165) is 11.8 Å². The third-order valence-electron chi connectivity index (χ3n) is 3.87. The van der Waals surface area contributed by atoms with Crippen molar-refractivity contribution < 1.29 is 18.0 Å². The highest BCUT2D eigenvalue weighted by molar-refractivity contribution is 6.23. The van der Waals surface area contributed by atoms with Crippen LogP contribution in [-0.4, -0.2) is 30.7 Å². The number of rotatable bonds is 8. The summed E-state index contributed by atoms with van der Waals surface area (Å²) < 4.78 is 41.2. The second-order valence-corrected chi connectivity index (χ2v) is 6.31. The van der Waals surface area contributed by atoms with Crippen LogP contribution in [0.5, 0.6) is 0 Å². The number of nitrogens with one attached hydrogen (secondary N) is 2. The van der Waals surface area contributed by atoms with Crippen molar-refractivity contribution in [1.29, 1.82) is 0 Å². The Balaban J connectivity index is 2.26. The number of benzene rings is 2. The number of carbonyl (C=O) groups is 1. The van der Waals surface area contributed by atoms with Gasteiger partial charge in [-0.25, -0.2) is 0 Å². The van der Waals surface area contributed by atoms with Gasteiger partial charge in [0.1, 0.15) is 6.17 Å². The second kappa shape index (κ2) is 10.2. The number of nitrogens with zero attached hydrogens (tertiary/aromatic N) is 2. The molecular formula is C21H22F3N5O. The third-order valence-corrected chi connectivity index (χ3v) is 3.87. The smallest absolute Gasteiger partial charge is 0.399 e. The van der Waals surface area contributed by atoms with Gasteiger partial charge in [0.05, 0.1) is 5.57 Å². The first kappa shape index (κ1) is 22.7. The van der Waals surface area contributed by atoms with Gasteiger partial charge >= 0.3 is 6.18 Å². The van der Waals surface area contributed by atoms with Crippen molar-refractivity contribution >= 4 is 29.7 Å². The Labute approximate surface area is 172 Å². The van der Waals surface area contributed by atoms with Crippen molar-refractivity contribution in [3.63, 3.8) is 0 Å². The van der Waals surface area contributed by atoms with Gasteiger partial charge < -0.3 is 16.4 Å². The average molecular weight is 417 g/mol. The molecule has 4 N–H and O–H groups in total. The zero-order valence-corrected chi connectivity index (χ0v) is 16.3. The zero-order chi connectivity index (χ0) is 22.1. The minimum Gasteiger partial charge on any atom is -0.399 e. The number of hydrogen-bond donors (Lipinski definition) is 3. The average Bonchev–Trinajstić information content (AvgIpc) is 2.69. The Kier molecular flexibility index (Phi) is 7.74. The van der Waals surface area contributed by atoms with Crippen LogP contribution < -0.4 is 16.4 Å². The first-order valence-corrected chi connectivity index (χ1v) is 8.96. The maximum Gasteiger partial charge on any atom is 0.433 e. The van der Waals surface area contributed by atoms with Gasteiger partial charge in [-0.1, -0.05) is 36.4 Å². The lowest BCUT2D eigenvalue weighted by Gasteiger charge is -2.18. The monoisotopic (exact) mass is 417 g/mol. The van der Waals surface area contributed by atoms with Crippen LogP contribution in [0.15, 0.2) is 76.4 Å². The molecule has 0 aliphatic rings. The van der Waals surface area contributed by atoms with Crippen LogP contribution in [0.1, 0.15) is 12.5 Å². The lowest BCUT2D eigenvalue weighted by molar-refractivity contribution is -0.117. The van der Waals surface area contributed by atoms with E-state index in [2.05, 4.69) is 27.3 Å². The molecule has 0 heterocycles. The number of amides is 1. The fraction of sp³-hybridized carbons (Fsp3) is 0.190. The largest absolute Gasteiger partial charge is 0.433 e. The lowest BCUT2D eigenvalue weighted by atomic mass is 10.1. The van der Waals surface area contributed by atoms with E-state index in [1.165, 1.54) is 6.92 Å². The zero-order valence-electron chi connectivity index (χ0n) is 16.3. The molecule has 0 spiro atoms. The molecule has 9 heteroatoms. The molecule has 0 radical (unpaired) electrons. The van der Waals surface area contributed by atoms with Crippen LogP contribution in [0.25, 0.3) is 0 Å². The molecule has 0 aromatic heterocycles. The van der Waals surface area contributed by atoms with Crippen LogP contribution in [-0.2, 0) is 11.3 Å². The van der Waals surface area contributed by atoms with E-state index in [0.29, 0.717) is 11.4 Å². The molecule has 1 amide bonds. The van der Waals surface area contributed by atoms with E-state index in [1.807, 2.05) is 0 Å². The highest BCUT2D eigenvalue weighted by atomic mass is 19.4. The molecule has 0 saturated heterocycles. The number of anilines is 2. The van der Waals surface area contributed by atoms with Crippen molar-refractivity contribution in [1.82, 2.24) is 5.32 Å². The van der Waals surface area contributed by atoms with Gasteiger partial charge in [0.2, 0.25) is 0 Å². The summed E-state index contributed by atoms with van der Waals surface area (Å²) >= 11 is 0. The van der Waals surface area contributed by atoms with Crippen LogP contribution >= 0.6 is 0 Å². The maximum absolute atomic E-state index is 13.7. The molecule has 0 bridgehead atoms. The maximum atomic E-state index is 13.7. The molecule has 6 nitrogen and oxygen atoms in total. The van der Waals surface area contributed by atoms with Crippen molar-refractivity contribution in [3.05, 3.63) is 71.9 Å². The molecule has 2 aromatic rings. The summed E-state index contributed by atoms with van der Waals surface area (Å²) in [6.07, 6.45) is -5.13. The summed E-state index contributed by atoms with van der Waals surface area (Å²) in [7, 11) is 0. The van der Waals surface area contributed by atoms with E-state index >= 15 is 0 Å². The molecule has 0 saturated carbocycles. The number of carbonyl (C=O) groups excluding carboxylic acids is 1. The van der Waals surface area contributed by atoms with Crippen molar-refractivity contribution in [2.75, 3.05) is 11.1 Å². The van der Waals surface area contributed by atoms with Crippen LogP contribution in [0.3, 0.4) is 0 Å². The van der Waals surface area contributed by atoms with Crippen molar-refractivity contribution in [2.24, 2.45) is 9.98 Å². The minimum atomic E-state index is -4.88. The normalized spacial score (nSPS) is 13.5. The summed E-state index contributed by atoms with van der Waals surface area (Å²) in [5, 5.41) is 5.26. The van der Waals surface area contributed by atoms with Gasteiger partial charge in [-0.3, -0.25) is 14.8 Å². The van der Waals surface area contributed by atoms with E-state index in [1.54, 1.807) is 54.6 Å². The lowest BCUT2D eigenvalue weighted by Crippen LogP contribution is -2.36. The third kappa shape index (κ3) is 6.77. The predicted molar refractivity (Wildman–Crippen MR) is 113 cm³/mol. The first-order valence-electron chi connectivity index (χ1n) is 8.96. The van der Waals surface area contributed by atoms with Crippen molar-refractivity contribution in [2.45, 2.75) is 25.8 Å². The molecule has 0 aliphatic carbocycles. The summed E-state index contributed by atoms with van der Waals surface area (Å²) in [4.78, 5) is 19.5. The molecule has 0 aliphatic heterocycles. The SMILES string of the molecule is C=N/C=C(C(=O)NCc1ccccc1)\C(=N/C(C)Nc1cccc(N)c1)C(F)(F)F. The van der Waals surface area contributed by atoms with Gasteiger partial charge in [0.25, 0.3) is 5.91 Å². The minimum absolute atomic E-state index is 0.0520. The summed E-state index contributed by atoms with van der Waals surface area (Å²) in [6.45, 7) is 4.64. The van der Waals surface area contributed by atoms with Crippen LogP contribution in [0, 0.1) is 0 Å². The Bertz CT molecular complexity index is 939. The number of nitrogens with two attached hydrogens (primary N) is 1. The Morgan fingerprint density at radius 3 is 2.50 bits per heavy atom. The predicted octanol–water partition coefficient (Wildman–Crippen LogP) is 3.93. The van der Waals surface area contributed by atoms with E-state index in [4.69, 9.17) is 5.73 Å². The molecule has 1 atom stereocenters. The summed E-state index contributed by atoms with van der Waals surface area (Å²) in [6, 6.07) is 15.3. The summed E-state index contributed by atoms with van der Waals surface area (Å²) in [5.74, 6) is -0.960. The Hall–Kier alpha value is -3.62. The Morgan fingerprint density at radius 2 is 1.90 bits per heavy atom. The summed E-state index contributed by atoms with van der Waals surface area (Å²) in [5.41, 5.74) is 5.27. The van der Waals surface area contributed by atoms with Gasteiger partial charge in [0.15, 0.2) is 5.71 Å². The van der Waals surface area contributed by atoms with E-state index < -0.39 is 29.5 Å². The number of alkyl halides is 3. The number of nitrogen functional groups attached to an aromatic ring is 1. The van der Waals surface area contributed by atoms with Gasteiger partial charge in [-0.05, 0) is 37.4 Å². The molecule has 0 fully saturated rings. The van der Waals surface area contributed by atoms with Crippen LogP contribution in [0.4, 0.5) is 24.5 Å². The van der Waals surface area contributed by atoms with Gasteiger partial charge in [-0.2, -0.15) is 13.2 Å². The Morgan fingerprint density at radius 1 is 1.20 bits per heavy atom. The number of aliphatic imine (C=N–C) groups is 2. The van der Waals surface area contributed by atoms with E-state index in [9.17, 15) is 18.0 Å². The van der Waals surface area contributed by atoms with Crippen molar-refractivity contribution in [3.8, 4) is 0 Å². The number of halogens is 3. The second-order valence-electron chi connectivity index (χ2n) is 6.31. The highest BCUT2D eigenvalue weighted by Gasteiger charge is 2.40. The molecule has 2 rings (SSSR count). The fourth-order valence-corrected chi connectivity index (χ4v) is 2.58. The molecule has 30 heavy (non-hydrogen) atoms. The first-order chi connectivity index (χ1) is 14.2. The quantitative estimate of drug-likeness (QED) is 0.345. The van der Waals surface area contributed by atoms with E-state index in [-0.39, 0.29) is 6.54 Å². The molecule has 1 unspecified atom stereocenters. The highest BCUT2D eigenvalue weighted by Crippen LogP contribution is 2.24. The fourth-order valence-electron chi connectivity index (χ4n) is 2.58. The molecular weight excluding hydrogens is 395 g/mol. The van der Waals surface area contributed by atoms with Gasteiger partial charge in [-0.15, -0.1) is 0 Å². The molecule has 2 aromatic carbocycles. The van der Waals surface area contributed by atoms with Gasteiger partial charge in [0, 0.05) is 24.1 Å². The topological polar surface area (TPSA) is 91.9 Å². The standard InChI is InChI=1S/C21H22F3N5O/c1-14(28-17-10-6-9-16(25)11-17)29-19(21(22,23)24)18(13-26-2)20(30)27-12-15-7-4-3-5-8-15/h3-11,13-14,28H,2,12,25H2,1H3,(H,27,30)/b18-13+,29-19+. The van der Waals surface area contributed by atoms with Crippen LogP contribution in [0.2, 0.25) is 0 Å².